The first-order valence-corrected chi connectivity index (χ1v) is 9.63. The van der Waals surface area contributed by atoms with Crippen molar-refractivity contribution in [3.63, 3.8) is 0 Å². The summed E-state index contributed by atoms with van der Waals surface area (Å²) < 4.78 is 2.19. The van der Waals surface area contributed by atoms with Crippen LogP contribution < -0.4 is 5.32 Å². The molecule has 4 rings (SSSR count). The zero-order valence-corrected chi connectivity index (χ0v) is 15.4. The van der Waals surface area contributed by atoms with Crippen molar-refractivity contribution in [2.24, 2.45) is 0 Å². The number of nitrogens with one attached hydrogen (secondary N) is 2. The van der Waals surface area contributed by atoms with Crippen LogP contribution in [0.15, 0.2) is 48.3 Å². The van der Waals surface area contributed by atoms with Crippen molar-refractivity contribution in [3.8, 4) is 11.4 Å². The van der Waals surface area contributed by atoms with Gasteiger partial charge in [-0.15, -0.1) is 16.8 Å². The van der Waals surface area contributed by atoms with E-state index in [-0.39, 0.29) is 11.2 Å². The minimum absolute atomic E-state index is 0.0195. The molecule has 1 aromatic carbocycles. The highest BCUT2D eigenvalue weighted by Crippen LogP contribution is 2.42. The number of hydrogen-bond acceptors (Lipinski definition) is 4. The van der Waals surface area contributed by atoms with Crippen LogP contribution in [0.3, 0.4) is 0 Å². The molecule has 2 N–H and O–H groups in total. The third-order valence-corrected chi connectivity index (χ3v) is 5.54. The molecule has 0 saturated heterocycles. The number of rotatable bonds is 7. The number of para-hydroxylation sites is 1. The second-order valence-corrected chi connectivity index (χ2v) is 7.76. The Balaban J connectivity index is 1.66. The molecule has 1 amide bonds. The van der Waals surface area contributed by atoms with Crippen LogP contribution in [0.1, 0.15) is 25.8 Å². The van der Waals surface area contributed by atoms with E-state index in [2.05, 4.69) is 43.8 Å². The predicted octanol–water partition coefficient (Wildman–Crippen LogP) is 3.54. The van der Waals surface area contributed by atoms with Gasteiger partial charge in [0.1, 0.15) is 0 Å². The molecule has 1 unspecified atom stereocenters. The Hall–Kier alpha value is -2.54. The largest absolute Gasteiger partial charge is 0.360 e. The summed E-state index contributed by atoms with van der Waals surface area (Å²) in [5.41, 5.74) is 2.13. The van der Waals surface area contributed by atoms with Crippen molar-refractivity contribution < 1.29 is 4.79 Å². The van der Waals surface area contributed by atoms with Crippen molar-refractivity contribution >= 4 is 28.6 Å². The fourth-order valence-electron chi connectivity index (χ4n) is 2.99. The van der Waals surface area contributed by atoms with E-state index in [1.54, 1.807) is 6.08 Å². The van der Waals surface area contributed by atoms with Gasteiger partial charge in [-0.2, -0.15) is 0 Å². The number of carbonyl (C=O) groups excluding carboxylic acids is 1. The van der Waals surface area contributed by atoms with Crippen LogP contribution >= 0.6 is 11.8 Å². The molecule has 1 fully saturated rings. The van der Waals surface area contributed by atoms with Gasteiger partial charge in [0.2, 0.25) is 5.91 Å². The molecular formula is C19H21N5OS. The molecule has 1 aliphatic rings. The van der Waals surface area contributed by atoms with E-state index in [9.17, 15) is 4.79 Å². The van der Waals surface area contributed by atoms with Crippen molar-refractivity contribution in [2.45, 2.75) is 36.2 Å². The lowest BCUT2D eigenvalue weighted by Gasteiger charge is -2.12. The van der Waals surface area contributed by atoms with Gasteiger partial charge < -0.3 is 10.3 Å². The monoisotopic (exact) mass is 367 g/mol. The summed E-state index contributed by atoms with van der Waals surface area (Å²) in [6.07, 6.45) is 5.91. The fraction of sp³-hybridized carbons (Fsp3) is 0.316. The molecule has 0 bridgehead atoms. The van der Waals surface area contributed by atoms with Crippen LogP contribution in [0.2, 0.25) is 0 Å². The third-order valence-electron chi connectivity index (χ3n) is 4.48. The molecule has 26 heavy (non-hydrogen) atoms. The van der Waals surface area contributed by atoms with Gasteiger partial charge in [-0.25, -0.2) is 0 Å². The van der Waals surface area contributed by atoms with Gasteiger partial charge in [-0.05, 0) is 25.8 Å². The Bertz CT molecular complexity index is 956. The summed E-state index contributed by atoms with van der Waals surface area (Å²) >= 11 is 1.45. The van der Waals surface area contributed by atoms with Crippen molar-refractivity contribution in [1.29, 1.82) is 0 Å². The summed E-state index contributed by atoms with van der Waals surface area (Å²) in [4.78, 5) is 15.5. The van der Waals surface area contributed by atoms with E-state index in [0.717, 1.165) is 40.3 Å². The summed E-state index contributed by atoms with van der Waals surface area (Å²) in [5.74, 6) is 0.847. The first kappa shape index (κ1) is 16.9. The third kappa shape index (κ3) is 3.14. The van der Waals surface area contributed by atoms with Crippen LogP contribution in [-0.4, -0.2) is 37.5 Å². The van der Waals surface area contributed by atoms with Gasteiger partial charge in [-0.1, -0.05) is 36.0 Å². The highest BCUT2D eigenvalue weighted by Gasteiger charge is 2.32. The van der Waals surface area contributed by atoms with Gasteiger partial charge in [0.25, 0.3) is 0 Å². The first-order valence-electron chi connectivity index (χ1n) is 8.75. The Labute approximate surface area is 156 Å². The average molecular weight is 367 g/mol. The maximum absolute atomic E-state index is 12.2. The van der Waals surface area contributed by atoms with Gasteiger partial charge in [0.15, 0.2) is 11.0 Å². The second kappa shape index (κ2) is 6.99. The Morgan fingerprint density at radius 1 is 1.46 bits per heavy atom. The topological polar surface area (TPSA) is 75.6 Å². The number of hydrogen-bond donors (Lipinski definition) is 2. The Morgan fingerprint density at radius 2 is 2.27 bits per heavy atom. The maximum Gasteiger partial charge on any atom is 0.233 e. The van der Waals surface area contributed by atoms with Crippen molar-refractivity contribution in [1.82, 2.24) is 25.1 Å². The lowest BCUT2D eigenvalue weighted by molar-refractivity contribution is -0.120. The number of benzene rings is 1. The Morgan fingerprint density at radius 3 is 3.04 bits per heavy atom. The number of thioether (sulfide) groups is 1. The smallest absolute Gasteiger partial charge is 0.233 e. The van der Waals surface area contributed by atoms with Crippen molar-refractivity contribution in [2.75, 3.05) is 6.54 Å². The summed E-state index contributed by atoms with van der Waals surface area (Å²) in [6, 6.07) is 8.60. The number of fused-ring (bicyclic) bond motifs is 1. The predicted molar refractivity (Wildman–Crippen MR) is 104 cm³/mol. The Kier molecular flexibility index (Phi) is 4.55. The number of amides is 1. The molecule has 7 heteroatoms. The van der Waals surface area contributed by atoms with Gasteiger partial charge in [0, 0.05) is 35.2 Å². The number of H-pyrrole nitrogens is 1. The zero-order chi connectivity index (χ0) is 18.1. The summed E-state index contributed by atoms with van der Waals surface area (Å²) in [7, 11) is 0. The lowest BCUT2D eigenvalue weighted by atomic mass is 10.1. The molecule has 0 spiro atoms. The number of aromatic amines is 1. The molecule has 0 aliphatic heterocycles. The molecule has 2 heterocycles. The first-order chi connectivity index (χ1) is 12.7. The van der Waals surface area contributed by atoms with Crippen LogP contribution in [-0.2, 0) is 4.79 Å². The molecule has 134 valence electrons. The average Bonchev–Trinajstić information content (AvgIpc) is 3.27. The van der Waals surface area contributed by atoms with E-state index in [1.807, 2.05) is 25.3 Å². The lowest BCUT2D eigenvalue weighted by Crippen LogP contribution is -2.31. The molecule has 6 nitrogen and oxygen atoms in total. The second-order valence-electron chi connectivity index (χ2n) is 6.45. The SMILES string of the molecule is C=CCNC(=O)C(C)Sc1nnc(-c2c[nH]c3ccccc23)n1C1CC1. The molecule has 2 aromatic heterocycles. The fourth-order valence-corrected chi connectivity index (χ4v) is 3.93. The number of aromatic nitrogens is 4. The van der Waals surface area contributed by atoms with Crippen LogP contribution in [0.25, 0.3) is 22.3 Å². The van der Waals surface area contributed by atoms with Crippen molar-refractivity contribution in [3.05, 3.63) is 43.1 Å². The van der Waals surface area contributed by atoms with Gasteiger partial charge in [-0.3, -0.25) is 9.36 Å². The minimum Gasteiger partial charge on any atom is -0.360 e. The maximum atomic E-state index is 12.2. The molecule has 0 radical (unpaired) electrons. The zero-order valence-electron chi connectivity index (χ0n) is 14.6. The normalized spacial score (nSPS) is 15.1. The number of carbonyl (C=O) groups is 1. The van der Waals surface area contributed by atoms with E-state index in [1.165, 1.54) is 11.8 Å². The molecule has 3 aromatic rings. The summed E-state index contributed by atoms with van der Waals surface area (Å²) in [5, 5.41) is 13.4. The molecule has 1 atom stereocenters. The van der Waals surface area contributed by atoms with Crippen LogP contribution in [0.5, 0.6) is 0 Å². The van der Waals surface area contributed by atoms with Crippen LogP contribution in [0.4, 0.5) is 0 Å². The van der Waals surface area contributed by atoms with E-state index >= 15 is 0 Å². The molecule has 1 aliphatic carbocycles. The van der Waals surface area contributed by atoms with Crippen LogP contribution in [0, 0.1) is 0 Å². The van der Waals surface area contributed by atoms with E-state index in [0.29, 0.717) is 12.6 Å². The quantitative estimate of drug-likeness (QED) is 0.495. The highest BCUT2D eigenvalue weighted by molar-refractivity contribution is 8.00. The van der Waals surface area contributed by atoms with E-state index in [4.69, 9.17) is 0 Å². The highest BCUT2D eigenvalue weighted by atomic mass is 32.2. The minimum atomic E-state index is -0.243. The van der Waals surface area contributed by atoms with Gasteiger partial charge >= 0.3 is 0 Å². The number of nitrogens with zero attached hydrogens (tertiary/aromatic N) is 3. The molecule has 1 saturated carbocycles. The standard InChI is InChI=1S/C19H21N5OS/c1-3-10-20-18(25)12(2)26-19-23-22-17(24(19)13-8-9-13)15-11-21-16-7-5-4-6-14(15)16/h3-7,11-13,21H,1,8-10H2,2H3,(H,20,25). The van der Waals surface area contributed by atoms with Gasteiger partial charge in [0.05, 0.1) is 5.25 Å². The molecular weight excluding hydrogens is 346 g/mol. The van der Waals surface area contributed by atoms with E-state index < -0.39 is 0 Å². The summed E-state index contributed by atoms with van der Waals surface area (Å²) in [6.45, 7) is 5.99.